The summed E-state index contributed by atoms with van der Waals surface area (Å²) in [6, 6.07) is 9.52. The van der Waals surface area contributed by atoms with Gasteiger partial charge in [0.15, 0.2) is 0 Å². The lowest BCUT2D eigenvalue weighted by atomic mass is 10.0. The molecule has 7 nitrogen and oxygen atoms in total. The Hall–Kier alpha value is -2.96. The molecular weight excluding hydrogens is 292 g/mol. The maximum Gasteiger partial charge on any atom is 0.204 e. The number of aromatic nitrogens is 5. The number of nitrogens with one attached hydrogen (secondary N) is 1. The number of hydrogen-bond acceptors (Lipinski definition) is 6. The molecule has 0 amide bonds. The number of benzene rings is 1. The number of anilines is 1. The van der Waals surface area contributed by atoms with Gasteiger partial charge in [0.05, 0.1) is 12.2 Å². The molecule has 1 aromatic carbocycles. The van der Waals surface area contributed by atoms with E-state index in [0.29, 0.717) is 18.1 Å². The van der Waals surface area contributed by atoms with Crippen LogP contribution in [0.1, 0.15) is 17.7 Å². The Balaban J connectivity index is 1.63. The quantitative estimate of drug-likeness (QED) is 0.768. The van der Waals surface area contributed by atoms with Gasteiger partial charge in [0.2, 0.25) is 5.82 Å². The Morgan fingerprint density at radius 3 is 3.09 bits per heavy atom. The summed E-state index contributed by atoms with van der Waals surface area (Å²) in [6.45, 7) is 1.63. The van der Waals surface area contributed by atoms with Crippen LogP contribution in [0.2, 0.25) is 0 Å². The number of rotatable bonds is 3. The van der Waals surface area contributed by atoms with Crippen LogP contribution in [-0.4, -0.2) is 37.3 Å². The zero-order valence-electron chi connectivity index (χ0n) is 12.5. The number of fused-ring (bicyclic) bond motifs is 1. The minimum atomic E-state index is 0.376. The van der Waals surface area contributed by atoms with Crippen LogP contribution in [0.4, 0.5) is 5.69 Å². The highest BCUT2D eigenvalue weighted by Crippen LogP contribution is 2.34. The van der Waals surface area contributed by atoms with Crippen LogP contribution in [0.3, 0.4) is 0 Å². The molecule has 116 valence electrons. The molecule has 2 N–H and O–H groups in total. The molecule has 1 aliphatic heterocycles. The van der Waals surface area contributed by atoms with E-state index < -0.39 is 0 Å². The van der Waals surface area contributed by atoms with Crippen LogP contribution >= 0.6 is 0 Å². The van der Waals surface area contributed by atoms with E-state index in [2.05, 4.69) is 36.6 Å². The van der Waals surface area contributed by atoms with E-state index in [1.165, 1.54) is 0 Å². The van der Waals surface area contributed by atoms with E-state index in [-0.39, 0.29) is 0 Å². The second-order valence-electron chi connectivity index (χ2n) is 5.57. The maximum absolute atomic E-state index is 10.0. The topological polar surface area (TPSA) is 90.8 Å². The van der Waals surface area contributed by atoms with Crippen molar-refractivity contribution in [2.75, 3.05) is 11.4 Å². The first kappa shape index (κ1) is 13.7. The van der Waals surface area contributed by atoms with Crippen LogP contribution in [0.15, 0.2) is 36.5 Å². The standard InChI is InChI=1S/C16H16N6O/c23-15-5-1-4-14-13(15)3-2-8-22(14)10-12-9-11(6-7-17-12)16-18-20-21-19-16/h1,4-7,9,23H,2-3,8,10H2,(H,18,19,20,21). The Labute approximate surface area is 133 Å². The molecule has 7 heteroatoms. The normalized spacial score (nSPS) is 13.8. The highest BCUT2D eigenvalue weighted by Gasteiger charge is 2.20. The monoisotopic (exact) mass is 308 g/mol. The van der Waals surface area contributed by atoms with Crippen molar-refractivity contribution in [1.82, 2.24) is 25.6 Å². The zero-order chi connectivity index (χ0) is 15.6. The van der Waals surface area contributed by atoms with E-state index in [4.69, 9.17) is 0 Å². The molecule has 1 aliphatic rings. The summed E-state index contributed by atoms with van der Waals surface area (Å²) in [5, 5.41) is 24.1. The van der Waals surface area contributed by atoms with E-state index in [1.807, 2.05) is 18.2 Å². The first-order valence-corrected chi connectivity index (χ1v) is 7.56. The smallest absolute Gasteiger partial charge is 0.204 e. The third kappa shape index (κ3) is 2.61. The fraction of sp³-hybridized carbons (Fsp3) is 0.250. The average molecular weight is 308 g/mol. The maximum atomic E-state index is 10.0. The average Bonchev–Trinajstić information content (AvgIpc) is 3.11. The number of aromatic amines is 1. The Kier molecular flexibility index (Phi) is 3.38. The minimum absolute atomic E-state index is 0.376. The number of H-pyrrole nitrogens is 1. The van der Waals surface area contributed by atoms with Gasteiger partial charge in [-0.25, -0.2) is 0 Å². The van der Waals surface area contributed by atoms with Crippen molar-refractivity contribution in [1.29, 1.82) is 0 Å². The predicted octanol–water partition coefficient (Wildman–Crippen LogP) is 1.92. The molecule has 0 fully saturated rings. The van der Waals surface area contributed by atoms with Crippen molar-refractivity contribution in [2.45, 2.75) is 19.4 Å². The summed E-state index contributed by atoms with van der Waals surface area (Å²) in [5.41, 5.74) is 3.93. The van der Waals surface area contributed by atoms with Gasteiger partial charge in [-0.1, -0.05) is 6.07 Å². The lowest BCUT2D eigenvalue weighted by Crippen LogP contribution is -2.29. The van der Waals surface area contributed by atoms with Crippen LogP contribution in [0, 0.1) is 0 Å². The second-order valence-corrected chi connectivity index (χ2v) is 5.57. The molecule has 3 heterocycles. The van der Waals surface area contributed by atoms with Crippen LogP contribution in [-0.2, 0) is 13.0 Å². The number of phenolic OH excluding ortho intramolecular Hbond substituents is 1. The molecule has 2 aromatic heterocycles. The molecule has 0 bridgehead atoms. The summed E-state index contributed by atoms with van der Waals surface area (Å²) >= 11 is 0. The number of phenols is 1. The van der Waals surface area contributed by atoms with Crippen LogP contribution in [0.5, 0.6) is 5.75 Å². The lowest BCUT2D eigenvalue weighted by molar-refractivity contribution is 0.464. The number of tetrazole rings is 1. The van der Waals surface area contributed by atoms with Gasteiger partial charge in [0.1, 0.15) is 5.75 Å². The fourth-order valence-electron chi connectivity index (χ4n) is 3.03. The summed E-state index contributed by atoms with van der Waals surface area (Å²) in [7, 11) is 0. The van der Waals surface area contributed by atoms with Crippen LogP contribution < -0.4 is 4.90 Å². The van der Waals surface area contributed by atoms with Gasteiger partial charge in [0.25, 0.3) is 0 Å². The Morgan fingerprint density at radius 1 is 1.26 bits per heavy atom. The second kappa shape index (κ2) is 5.68. The van der Waals surface area contributed by atoms with Gasteiger partial charge in [0, 0.05) is 29.6 Å². The molecule has 23 heavy (non-hydrogen) atoms. The van der Waals surface area contributed by atoms with Crippen molar-refractivity contribution in [3.8, 4) is 17.1 Å². The van der Waals surface area contributed by atoms with Crippen molar-refractivity contribution in [3.05, 3.63) is 47.8 Å². The Bertz CT molecular complexity index is 817. The molecule has 0 saturated heterocycles. The number of hydrogen-bond donors (Lipinski definition) is 2. The van der Waals surface area contributed by atoms with Gasteiger partial charge in [-0.2, -0.15) is 5.21 Å². The van der Waals surface area contributed by atoms with E-state index in [1.54, 1.807) is 12.3 Å². The number of pyridine rings is 1. The van der Waals surface area contributed by atoms with Crippen LogP contribution in [0.25, 0.3) is 11.4 Å². The zero-order valence-corrected chi connectivity index (χ0v) is 12.5. The fourth-order valence-corrected chi connectivity index (χ4v) is 3.03. The number of nitrogens with zero attached hydrogens (tertiary/aromatic N) is 5. The lowest BCUT2D eigenvalue weighted by Gasteiger charge is -2.31. The van der Waals surface area contributed by atoms with E-state index >= 15 is 0 Å². The van der Waals surface area contributed by atoms with E-state index in [0.717, 1.165) is 41.9 Å². The van der Waals surface area contributed by atoms with Crippen molar-refractivity contribution < 1.29 is 5.11 Å². The van der Waals surface area contributed by atoms with Gasteiger partial charge < -0.3 is 10.0 Å². The molecule has 0 aliphatic carbocycles. The molecule has 0 spiro atoms. The third-order valence-electron chi connectivity index (χ3n) is 4.10. The van der Waals surface area contributed by atoms with Crippen molar-refractivity contribution >= 4 is 5.69 Å². The molecule has 0 radical (unpaired) electrons. The number of aromatic hydroxyl groups is 1. The van der Waals surface area contributed by atoms with Gasteiger partial charge in [-0.15, -0.1) is 10.2 Å². The summed E-state index contributed by atoms with van der Waals surface area (Å²) in [4.78, 5) is 6.70. The molecule has 4 rings (SSSR count). The summed E-state index contributed by atoms with van der Waals surface area (Å²) in [6.07, 6.45) is 3.69. The van der Waals surface area contributed by atoms with Gasteiger partial charge >= 0.3 is 0 Å². The highest BCUT2D eigenvalue weighted by molar-refractivity contribution is 5.61. The molecule has 0 atom stereocenters. The van der Waals surface area contributed by atoms with Crippen molar-refractivity contribution in [2.24, 2.45) is 0 Å². The van der Waals surface area contributed by atoms with Gasteiger partial charge in [-0.3, -0.25) is 4.98 Å². The predicted molar refractivity (Wildman–Crippen MR) is 84.9 cm³/mol. The molecule has 0 saturated carbocycles. The minimum Gasteiger partial charge on any atom is -0.508 e. The van der Waals surface area contributed by atoms with Crippen molar-refractivity contribution in [3.63, 3.8) is 0 Å². The first-order chi connectivity index (χ1) is 11.3. The van der Waals surface area contributed by atoms with E-state index in [9.17, 15) is 5.11 Å². The Morgan fingerprint density at radius 2 is 2.22 bits per heavy atom. The highest BCUT2D eigenvalue weighted by atomic mass is 16.3. The summed E-state index contributed by atoms with van der Waals surface area (Å²) < 4.78 is 0. The molecular formula is C16H16N6O. The molecule has 3 aromatic rings. The summed E-state index contributed by atoms with van der Waals surface area (Å²) in [5.74, 6) is 0.936. The largest absolute Gasteiger partial charge is 0.508 e. The van der Waals surface area contributed by atoms with Gasteiger partial charge in [-0.05, 0) is 42.3 Å². The first-order valence-electron chi connectivity index (χ1n) is 7.56. The third-order valence-corrected chi connectivity index (χ3v) is 4.10. The molecule has 0 unspecified atom stereocenters. The SMILES string of the molecule is Oc1cccc2c1CCCN2Cc1cc(-c2nn[nH]n2)ccn1.